The molecule has 7 nitrogen and oxygen atoms in total. The average Bonchev–Trinajstić information content (AvgIpc) is 3.02. The van der Waals surface area contributed by atoms with Crippen LogP contribution in [0.4, 0.5) is 11.4 Å². The van der Waals surface area contributed by atoms with Crippen LogP contribution in [0.3, 0.4) is 0 Å². The number of ether oxygens (including phenoxy) is 1. The fourth-order valence-electron chi connectivity index (χ4n) is 3.87. The van der Waals surface area contributed by atoms with Crippen LogP contribution in [0.5, 0.6) is 5.75 Å². The van der Waals surface area contributed by atoms with Gasteiger partial charge in [-0.15, -0.1) is 11.8 Å². The Morgan fingerprint density at radius 3 is 2.33 bits per heavy atom. The van der Waals surface area contributed by atoms with Gasteiger partial charge < -0.3 is 20.7 Å². The zero-order valence-corrected chi connectivity index (χ0v) is 25.2. The first kappa shape index (κ1) is 31.4. The minimum atomic E-state index is -0.522. The van der Waals surface area contributed by atoms with E-state index >= 15 is 0 Å². The van der Waals surface area contributed by atoms with Gasteiger partial charge in [0.25, 0.3) is 11.8 Å². The third kappa shape index (κ3) is 10.1. The Bertz CT molecular complexity index is 1580. The number of hydrogen-bond acceptors (Lipinski definition) is 5. The standard InChI is InChI=1S/C34H32ClN3O4S/c1-2-3-20-42-28-18-16-26(17-19-28)36-32(39)23-43-29-14-9-13-27(22-29)37-34(41)31(21-25-12-7-8-15-30(25)35)38-33(40)24-10-5-4-6-11-24/h4-19,21-22H,2-3,20,23H2,1H3,(H,36,39)(H,37,41)(H,38,40)/b31-21+. The summed E-state index contributed by atoms with van der Waals surface area (Å²) in [6.45, 7) is 2.78. The molecule has 9 heteroatoms. The molecule has 0 heterocycles. The van der Waals surface area contributed by atoms with Crippen molar-refractivity contribution in [3.8, 4) is 5.75 Å². The summed E-state index contributed by atoms with van der Waals surface area (Å²) in [6, 6.07) is 30.1. The lowest BCUT2D eigenvalue weighted by Gasteiger charge is -2.12. The monoisotopic (exact) mass is 613 g/mol. The molecule has 0 bridgehead atoms. The average molecular weight is 614 g/mol. The van der Waals surface area contributed by atoms with Crippen LogP contribution in [-0.2, 0) is 9.59 Å². The number of thioether (sulfide) groups is 1. The first-order chi connectivity index (χ1) is 20.9. The van der Waals surface area contributed by atoms with Crippen molar-refractivity contribution in [2.75, 3.05) is 23.0 Å². The van der Waals surface area contributed by atoms with Gasteiger partial charge in [0.2, 0.25) is 5.91 Å². The summed E-state index contributed by atoms with van der Waals surface area (Å²) in [6.07, 6.45) is 3.59. The second-order valence-corrected chi connectivity index (χ2v) is 10.9. The molecule has 220 valence electrons. The van der Waals surface area contributed by atoms with Crippen molar-refractivity contribution in [1.82, 2.24) is 5.32 Å². The lowest BCUT2D eigenvalue weighted by atomic mass is 10.1. The molecule has 0 aliphatic rings. The molecule has 4 rings (SSSR count). The fourth-order valence-corrected chi connectivity index (χ4v) is 4.81. The van der Waals surface area contributed by atoms with Gasteiger partial charge in [0, 0.05) is 26.9 Å². The number of halogens is 1. The van der Waals surface area contributed by atoms with Crippen molar-refractivity contribution in [1.29, 1.82) is 0 Å². The van der Waals surface area contributed by atoms with E-state index in [9.17, 15) is 14.4 Å². The number of unbranched alkanes of at least 4 members (excludes halogenated alkanes) is 1. The number of hydrogen-bond donors (Lipinski definition) is 3. The first-order valence-electron chi connectivity index (χ1n) is 13.8. The summed E-state index contributed by atoms with van der Waals surface area (Å²) in [4.78, 5) is 39.6. The molecule has 4 aromatic carbocycles. The second-order valence-electron chi connectivity index (χ2n) is 9.44. The van der Waals surface area contributed by atoms with E-state index in [4.69, 9.17) is 16.3 Å². The van der Waals surface area contributed by atoms with E-state index in [0.717, 1.165) is 23.5 Å². The molecule has 0 unspecified atom stereocenters. The Balaban J connectivity index is 1.38. The van der Waals surface area contributed by atoms with Crippen molar-refractivity contribution in [3.05, 3.63) is 125 Å². The normalized spacial score (nSPS) is 11.0. The maximum atomic E-state index is 13.4. The first-order valence-corrected chi connectivity index (χ1v) is 15.2. The van der Waals surface area contributed by atoms with Crippen LogP contribution >= 0.6 is 23.4 Å². The number of anilines is 2. The molecule has 0 aromatic heterocycles. The van der Waals surface area contributed by atoms with Crippen LogP contribution in [0, 0.1) is 0 Å². The van der Waals surface area contributed by atoms with Gasteiger partial charge in [-0.2, -0.15) is 0 Å². The fraction of sp³-hybridized carbons (Fsp3) is 0.147. The van der Waals surface area contributed by atoms with E-state index < -0.39 is 11.8 Å². The van der Waals surface area contributed by atoms with E-state index in [0.29, 0.717) is 34.1 Å². The van der Waals surface area contributed by atoms with E-state index in [1.54, 1.807) is 72.8 Å². The maximum absolute atomic E-state index is 13.4. The minimum Gasteiger partial charge on any atom is -0.494 e. The smallest absolute Gasteiger partial charge is 0.272 e. The van der Waals surface area contributed by atoms with Gasteiger partial charge in [-0.05, 0) is 78.7 Å². The number of nitrogens with one attached hydrogen (secondary N) is 3. The van der Waals surface area contributed by atoms with Crippen molar-refractivity contribution >= 4 is 58.5 Å². The molecule has 0 radical (unpaired) electrons. The molecule has 0 aliphatic heterocycles. The molecule has 0 saturated carbocycles. The van der Waals surface area contributed by atoms with E-state index in [1.165, 1.54) is 17.8 Å². The molecule has 3 N–H and O–H groups in total. The Kier molecular flexibility index (Phi) is 11.8. The summed E-state index contributed by atoms with van der Waals surface area (Å²) < 4.78 is 5.66. The quantitative estimate of drug-likeness (QED) is 0.0817. The van der Waals surface area contributed by atoms with Gasteiger partial charge in [-0.1, -0.05) is 67.4 Å². The van der Waals surface area contributed by atoms with Crippen molar-refractivity contribution in [2.45, 2.75) is 24.7 Å². The number of carbonyl (C=O) groups is 3. The third-order valence-electron chi connectivity index (χ3n) is 6.10. The number of benzene rings is 4. The zero-order chi connectivity index (χ0) is 30.4. The van der Waals surface area contributed by atoms with Gasteiger partial charge >= 0.3 is 0 Å². The van der Waals surface area contributed by atoms with Crippen molar-refractivity contribution in [2.24, 2.45) is 0 Å². The predicted octanol–water partition coefficient (Wildman–Crippen LogP) is 7.66. The summed E-state index contributed by atoms with van der Waals surface area (Å²) >= 11 is 7.66. The van der Waals surface area contributed by atoms with Crippen molar-refractivity contribution < 1.29 is 19.1 Å². The second kappa shape index (κ2) is 16.2. The number of rotatable bonds is 13. The summed E-state index contributed by atoms with van der Waals surface area (Å²) in [5, 5.41) is 8.87. The van der Waals surface area contributed by atoms with Crippen molar-refractivity contribution in [3.63, 3.8) is 0 Å². The van der Waals surface area contributed by atoms with Crippen LogP contribution < -0.4 is 20.7 Å². The third-order valence-corrected chi connectivity index (χ3v) is 7.44. The van der Waals surface area contributed by atoms with Crippen LogP contribution in [-0.4, -0.2) is 30.1 Å². The Morgan fingerprint density at radius 1 is 0.837 bits per heavy atom. The molecule has 0 fully saturated rings. The topological polar surface area (TPSA) is 96.5 Å². The molecule has 0 spiro atoms. The van der Waals surface area contributed by atoms with Gasteiger partial charge in [-0.3, -0.25) is 14.4 Å². The molecule has 43 heavy (non-hydrogen) atoms. The van der Waals surface area contributed by atoms with E-state index in [1.807, 2.05) is 30.3 Å². The summed E-state index contributed by atoms with van der Waals surface area (Å²) in [5.74, 6) is -0.164. The lowest BCUT2D eigenvalue weighted by Crippen LogP contribution is -2.30. The largest absolute Gasteiger partial charge is 0.494 e. The SMILES string of the molecule is CCCCOc1ccc(NC(=O)CSc2cccc(NC(=O)/C(=C\c3ccccc3Cl)NC(=O)c3ccccc3)c2)cc1. The Morgan fingerprint density at radius 2 is 1.58 bits per heavy atom. The summed E-state index contributed by atoms with van der Waals surface area (Å²) in [7, 11) is 0. The molecule has 0 atom stereocenters. The predicted molar refractivity (Wildman–Crippen MR) is 175 cm³/mol. The van der Waals surface area contributed by atoms with Crippen LogP contribution in [0.15, 0.2) is 114 Å². The minimum absolute atomic E-state index is 0.0289. The van der Waals surface area contributed by atoms with Gasteiger partial charge in [0.15, 0.2) is 0 Å². The molecule has 3 amide bonds. The molecule has 4 aromatic rings. The van der Waals surface area contributed by atoms with Crippen LogP contribution in [0.1, 0.15) is 35.7 Å². The number of amides is 3. The van der Waals surface area contributed by atoms with E-state index in [-0.39, 0.29) is 17.4 Å². The van der Waals surface area contributed by atoms with Crippen LogP contribution in [0.2, 0.25) is 5.02 Å². The molecule has 0 aliphatic carbocycles. The molecular weight excluding hydrogens is 582 g/mol. The van der Waals surface area contributed by atoms with Crippen LogP contribution in [0.25, 0.3) is 6.08 Å². The highest BCUT2D eigenvalue weighted by Crippen LogP contribution is 2.24. The highest BCUT2D eigenvalue weighted by molar-refractivity contribution is 8.00. The maximum Gasteiger partial charge on any atom is 0.272 e. The Labute approximate surface area is 260 Å². The van der Waals surface area contributed by atoms with E-state index in [2.05, 4.69) is 22.9 Å². The number of carbonyl (C=O) groups excluding carboxylic acids is 3. The highest BCUT2D eigenvalue weighted by atomic mass is 35.5. The highest BCUT2D eigenvalue weighted by Gasteiger charge is 2.16. The Hall–Kier alpha value is -4.53. The summed E-state index contributed by atoms with van der Waals surface area (Å²) in [5.41, 5.74) is 2.21. The lowest BCUT2D eigenvalue weighted by molar-refractivity contribution is -0.114. The zero-order valence-electron chi connectivity index (χ0n) is 23.6. The van der Waals surface area contributed by atoms with Gasteiger partial charge in [0.05, 0.1) is 12.4 Å². The van der Waals surface area contributed by atoms with Gasteiger partial charge in [0.1, 0.15) is 11.4 Å². The molecule has 0 saturated heterocycles. The van der Waals surface area contributed by atoms with Gasteiger partial charge in [-0.25, -0.2) is 0 Å². The molecular formula is C34H32ClN3O4S.